The summed E-state index contributed by atoms with van der Waals surface area (Å²) >= 11 is 0. The number of fused-ring (bicyclic) bond motifs is 1. The normalized spacial score (nSPS) is 17.0. The second kappa shape index (κ2) is 8.07. The number of hydrogen-bond donors (Lipinski definition) is 1. The van der Waals surface area contributed by atoms with Gasteiger partial charge in [0.15, 0.2) is 23.1 Å². The summed E-state index contributed by atoms with van der Waals surface area (Å²) in [4.78, 5) is 14.0. The predicted molar refractivity (Wildman–Crippen MR) is 103 cm³/mol. The van der Waals surface area contributed by atoms with Crippen LogP contribution in [0.5, 0.6) is 0 Å². The highest BCUT2D eigenvalue weighted by Crippen LogP contribution is 2.31. The monoisotopic (exact) mass is 435 g/mol. The molecule has 158 valence electrons. The van der Waals surface area contributed by atoms with Crippen LogP contribution < -0.4 is 4.72 Å². The van der Waals surface area contributed by atoms with Crippen LogP contribution in [0.3, 0.4) is 0 Å². The minimum Gasteiger partial charge on any atom is -0.332 e. The Kier molecular flexibility index (Phi) is 5.48. The summed E-state index contributed by atoms with van der Waals surface area (Å²) in [5.74, 6) is -1.95. The Morgan fingerprint density at radius 1 is 1.17 bits per heavy atom. The van der Waals surface area contributed by atoms with Crippen LogP contribution in [0.4, 0.5) is 8.78 Å². The number of amides is 1. The van der Waals surface area contributed by atoms with E-state index in [-0.39, 0.29) is 24.9 Å². The van der Waals surface area contributed by atoms with Crippen LogP contribution in [0.1, 0.15) is 31.1 Å². The molecular formula is C19H19F2N5O3S. The average Bonchev–Trinajstić information content (AvgIpc) is 3.36. The van der Waals surface area contributed by atoms with Crippen LogP contribution in [0.15, 0.2) is 47.5 Å². The van der Waals surface area contributed by atoms with Crippen molar-refractivity contribution in [2.45, 2.75) is 30.2 Å². The van der Waals surface area contributed by atoms with Gasteiger partial charge in [0, 0.05) is 25.7 Å². The molecule has 1 aliphatic heterocycles. The molecule has 3 aromatic rings. The maximum atomic E-state index is 13.3. The zero-order valence-electron chi connectivity index (χ0n) is 15.8. The largest absolute Gasteiger partial charge is 0.332 e. The number of aromatic nitrogens is 3. The highest BCUT2D eigenvalue weighted by Gasteiger charge is 2.33. The van der Waals surface area contributed by atoms with Gasteiger partial charge >= 0.3 is 0 Å². The summed E-state index contributed by atoms with van der Waals surface area (Å²) in [6.07, 6.45) is 3.30. The molecule has 1 aliphatic rings. The molecule has 1 saturated heterocycles. The lowest BCUT2D eigenvalue weighted by Gasteiger charge is -2.23. The van der Waals surface area contributed by atoms with Gasteiger partial charge in [-0.3, -0.25) is 9.20 Å². The minimum atomic E-state index is -4.06. The van der Waals surface area contributed by atoms with Crippen LogP contribution in [-0.4, -0.2) is 46.9 Å². The first-order valence-corrected chi connectivity index (χ1v) is 10.9. The molecule has 0 radical (unpaired) electrons. The lowest BCUT2D eigenvalue weighted by molar-refractivity contribution is -0.132. The van der Waals surface area contributed by atoms with E-state index in [2.05, 4.69) is 14.9 Å². The van der Waals surface area contributed by atoms with Crippen molar-refractivity contribution >= 4 is 21.6 Å². The predicted octanol–water partition coefficient (Wildman–Crippen LogP) is 2.04. The second-order valence-corrected chi connectivity index (χ2v) is 8.72. The molecule has 0 aliphatic carbocycles. The molecule has 2 aromatic heterocycles. The summed E-state index contributed by atoms with van der Waals surface area (Å²) in [5, 5.41) is 8.35. The number of benzene rings is 1. The van der Waals surface area contributed by atoms with Gasteiger partial charge in [-0.25, -0.2) is 21.9 Å². The zero-order chi connectivity index (χ0) is 21.3. The first-order valence-electron chi connectivity index (χ1n) is 9.41. The quantitative estimate of drug-likeness (QED) is 0.639. The third-order valence-corrected chi connectivity index (χ3v) is 6.50. The van der Waals surface area contributed by atoms with E-state index in [1.54, 1.807) is 4.90 Å². The molecule has 1 aromatic carbocycles. The number of nitrogens with zero attached hydrogens (tertiary/aromatic N) is 4. The Bertz CT molecular complexity index is 1200. The van der Waals surface area contributed by atoms with Crippen molar-refractivity contribution in [3.63, 3.8) is 0 Å². The Hall–Kier alpha value is -2.92. The van der Waals surface area contributed by atoms with Gasteiger partial charge in [0.05, 0.1) is 10.9 Å². The van der Waals surface area contributed by atoms with Gasteiger partial charge in [-0.2, -0.15) is 0 Å². The molecule has 1 atom stereocenters. The molecule has 0 spiro atoms. The van der Waals surface area contributed by atoms with E-state index in [0.717, 1.165) is 25.0 Å². The van der Waals surface area contributed by atoms with Gasteiger partial charge in [-0.05, 0) is 43.2 Å². The Balaban J connectivity index is 1.41. The Labute approximate surface area is 171 Å². The lowest BCUT2D eigenvalue weighted by atomic mass is 10.2. The second-order valence-electron chi connectivity index (χ2n) is 6.96. The number of likely N-dealkylation sites (tertiary alicyclic amines) is 1. The van der Waals surface area contributed by atoms with Gasteiger partial charge in [-0.15, -0.1) is 10.2 Å². The highest BCUT2D eigenvalue weighted by atomic mass is 32.2. The van der Waals surface area contributed by atoms with E-state index in [9.17, 15) is 22.0 Å². The fourth-order valence-corrected chi connectivity index (χ4v) is 4.63. The van der Waals surface area contributed by atoms with Crippen molar-refractivity contribution in [3.8, 4) is 0 Å². The maximum Gasteiger partial charge on any atom is 0.240 e. The van der Waals surface area contributed by atoms with Crippen molar-refractivity contribution in [2.75, 3.05) is 13.1 Å². The molecule has 8 nitrogen and oxygen atoms in total. The van der Waals surface area contributed by atoms with Crippen LogP contribution in [0.2, 0.25) is 0 Å². The highest BCUT2D eigenvalue weighted by molar-refractivity contribution is 7.89. The van der Waals surface area contributed by atoms with Gasteiger partial charge < -0.3 is 4.90 Å². The SMILES string of the molecule is O=C(CCNS(=O)(=O)c1ccc(F)c(F)c1)N1CCCC1c1nnc2ccccn12. The molecule has 1 fully saturated rings. The number of hydrogen-bond acceptors (Lipinski definition) is 5. The van der Waals surface area contributed by atoms with Gasteiger partial charge in [0.25, 0.3) is 0 Å². The van der Waals surface area contributed by atoms with Gasteiger partial charge in [-0.1, -0.05) is 6.07 Å². The third kappa shape index (κ3) is 3.90. The van der Waals surface area contributed by atoms with E-state index >= 15 is 0 Å². The number of rotatable bonds is 6. The standard InChI is InChI=1S/C19H19F2N5O3S/c20-14-7-6-13(12-15(14)21)30(28,29)22-9-8-18(27)25-11-3-4-16(25)19-24-23-17-5-1-2-10-26(17)19/h1-2,5-7,10,12,16,22H,3-4,8-9,11H2. The summed E-state index contributed by atoms with van der Waals surface area (Å²) in [6, 6.07) is 7.61. The van der Waals surface area contributed by atoms with Crippen molar-refractivity contribution in [3.05, 3.63) is 60.1 Å². The maximum absolute atomic E-state index is 13.3. The number of pyridine rings is 1. The lowest BCUT2D eigenvalue weighted by Crippen LogP contribution is -2.35. The van der Waals surface area contributed by atoms with Crippen LogP contribution in [0, 0.1) is 11.6 Å². The third-order valence-electron chi connectivity index (χ3n) is 5.04. The molecule has 4 rings (SSSR count). The molecule has 0 saturated carbocycles. The fraction of sp³-hybridized carbons (Fsp3) is 0.316. The van der Waals surface area contributed by atoms with Crippen molar-refractivity contribution in [2.24, 2.45) is 0 Å². The molecule has 1 N–H and O–H groups in total. The number of carbonyl (C=O) groups is 1. The number of carbonyl (C=O) groups excluding carboxylic acids is 1. The molecule has 11 heteroatoms. The topological polar surface area (TPSA) is 96.7 Å². The molecule has 3 heterocycles. The van der Waals surface area contributed by atoms with Crippen LogP contribution in [-0.2, 0) is 14.8 Å². The van der Waals surface area contributed by atoms with Crippen LogP contribution in [0.25, 0.3) is 5.65 Å². The molecular weight excluding hydrogens is 416 g/mol. The van der Waals surface area contributed by atoms with Gasteiger partial charge in [0.2, 0.25) is 15.9 Å². The van der Waals surface area contributed by atoms with E-state index in [0.29, 0.717) is 24.1 Å². The Morgan fingerprint density at radius 2 is 2.00 bits per heavy atom. The van der Waals surface area contributed by atoms with Crippen molar-refractivity contribution < 1.29 is 22.0 Å². The molecule has 30 heavy (non-hydrogen) atoms. The fourth-order valence-electron chi connectivity index (χ4n) is 3.58. The van der Waals surface area contributed by atoms with Gasteiger partial charge in [0.1, 0.15) is 0 Å². The smallest absolute Gasteiger partial charge is 0.240 e. The van der Waals surface area contributed by atoms with Crippen molar-refractivity contribution in [1.29, 1.82) is 0 Å². The number of halogens is 2. The molecule has 1 unspecified atom stereocenters. The molecule has 1 amide bonds. The summed E-state index contributed by atoms with van der Waals surface area (Å²) in [5.41, 5.74) is 0.686. The first kappa shape index (κ1) is 20.4. The summed E-state index contributed by atoms with van der Waals surface area (Å²) < 4.78 is 54.9. The van der Waals surface area contributed by atoms with Crippen LogP contribution >= 0.6 is 0 Å². The summed E-state index contributed by atoms with van der Waals surface area (Å²) in [6.45, 7) is 0.380. The average molecular weight is 435 g/mol. The molecule has 0 bridgehead atoms. The zero-order valence-corrected chi connectivity index (χ0v) is 16.6. The number of nitrogens with one attached hydrogen (secondary N) is 1. The van der Waals surface area contributed by atoms with E-state index in [1.807, 2.05) is 28.8 Å². The van der Waals surface area contributed by atoms with E-state index < -0.39 is 26.6 Å². The van der Waals surface area contributed by atoms with E-state index in [1.165, 1.54) is 0 Å². The minimum absolute atomic E-state index is 0.0733. The number of sulfonamides is 1. The summed E-state index contributed by atoms with van der Waals surface area (Å²) in [7, 11) is -4.06. The Morgan fingerprint density at radius 3 is 2.80 bits per heavy atom. The van der Waals surface area contributed by atoms with Crippen molar-refractivity contribution in [1.82, 2.24) is 24.2 Å². The van der Waals surface area contributed by atoms with E-state index in [4.69, 9.17) is 0 Å². The first-order chi connectivity index (χ1) is 14.4.